The van der Waals surface area contributed by atoms with Crippen molar-refractivity contribution in [2.24, 2.45) is 0 Å². The molecular formula is C6H14KNO. The molecule has 50 valence electrons. The minimum atomic E-state index is 0. The molecule has 0 aromatic rings. The predicted octanol–water partition coefficient (Wildman–Crippen LogP) is -3.31. The molecule has 9 heavy (non-hydrogen) atoms. The van der Waals surface area contributed by atoms with Gasteiger partial charge in [0.25, 0.3) is 0 Å². The van der Waals surface area contributed by atoms with Gasteiger partial charge < -0.3 is 10.0 Å². The molecule has 0 amide bonds. The fraction of sp³-hybridized carbons (Fsp3) is 1.00. The van der Waals surface area contributed by atoms with Gasteiger partial charge in [-0.1, -0.05) is 6.42 Å². The maximum atomic E-state index is 9.89. The van der Waals surface area contributed by atoms with Gasteiger partial charge in [0.2, 0.25) is 0 Å². The Hall–Kier alpha value is 1.56. The van der Waals surface area contributed by atoms with Crippen LogP contribution >= 0.6 is 0 Å². The van der Waals surface area contributed by atoms with Gasteiger partial charge in [-0.25, -0.2) is 0 Å². The molecule has 0 heterocycles. The fourth-order valence-corrected chi connectivity index (χ4v) is 0.530. The Bertz CT molecular complexity index is 50.3. The Morgan fingerprint density at radius 3 is 2.11 bits per heavy atom. The summed E-state index contributed by atoms with van der Waals surface area (Å²) >= 11 is 0. The Morgan fingerprint density at radius 2 is 1.78 bits per heavy atom. The second-order valence-electron chi connectivity index (χ2n) is 2.21. The zero-order valence-electron chi connectivity index (χ0n) is 6.68. The van der Waals surface area contributed by atoms with Crippen molar-refractivity contribution in [3.05, 3.63) is 0 Å². The van der Waals surface area contributed by atoms with Crippen molar-refractivity contribution in [2.75, 3.05) is 27.2 Å². The zero-order valence-corrected chi connectivity index (χ0v) is 9.81. The van der Waals surface area contributed by atoms with E-state index < -0.39 is 0 Å². The first-order valence-electron chi connectivity index (χ1n) is 3.00. The van der Waals surface area contributed by atoms with Crippen molar-refractivity contribution in [1.29, 1.82) is 0 Å². The molecule has 0 aliphatic carbocycles. The SMILES string of the molecule is CN(C)CCCC[O-].[K+]. The van der Waals surface area contributed by atoms with Crippen LogP contribution in [0.3, 0.4) is 0 Å². The molecule has 0 saturated carbocycles. The van der Waals surface area contributed by atoms with Gasteiger partial charge in [0.1, 0.15) is 0 Å². The van der Waals surface area contributed by atoms with Crippen molar-refractivity contribution in [3.63, 3.8) is 0 Å². The standard InChI is InChI=1S/C6H14NO.K/c1-7(2)5-3-4-6-8;/h3-6H2,1-2H3;/q-1;+1. The van der Waals surface area contributed by atoms with Gasteiger partial charge in [0.05, 0.1) is 0 Å². The molecule has 0 aliphatic rings. The predicted molar refractivity (Wildman–Crippen MR) is 32.7 cm³/mol. The first kappa shape index (κ1) is 13.2. The van der Waals surface area contributed by atoms with Crippen LogP contribution < -0.4 is 56.5 Å². The van der Waals surface area contributed by atoms with Crippen LogP contribution in [0.1, 0.15) is 12.8 Å². The van der Waals surface area contributed by atoms with Crippen LogP contribution in [0.5, 0.6) is 0 Å². The number of rotatable bonds is 4. The summed E-state index contributed by atoms with van der Waals surface area (Å²) in [7, 11) is 4.04. The third-order valence-corrected chi connectivity index (χ3v) is 1.000. The topological polar surface area (TPSA) is 26.3 Å². The number of hydrogen-bond donors (Lipinski definition) is 0. The molecule has 0 fully saturated rings. The van der Waals surface area contributed by atoms with Gasteiger partial charge in [-0.3, -0.25) is 0 Å². The van der Waals surface area contributed by atoms with Crippen molar-refractivity contribution in [3.8, 4) is 0 Å². The van der Waals surface area contributed by atoms with Crippen molar-refractivity contribution < 1.29 is 56.5 Å². The van der Waals surface area contributed by atoms with Crippen molar-refractivity contribution in [2.45, 2.75) is 12.8 Å². The fourth-order valence-electron chi connectivity index (χ4n) is 0.530. The normalized spacial score (nSPS) is 9.33. The van der Waals surface area contributed by atoms with Crippen molar-refractivity contribution >= 4 is 0 Å². The summed E-state index contributed by atoms with van der Waals surface area (Å²) in [6.45, 7) is 1.12. The molecule has 0 radical (unpaired) electrons. The summed E-state index contributed by atoms with van der Waals surface area (Å²) in [5.41, 5.74) is 0. The van der Waals surface area contributed by atoms with E-state index in [0.29, 0.717) is 0 Å². The van der Waals surface area contributed by atoms with Gasteiger partial charge in [-0.2, -0.15) is 0 Å². The zero-order chi connectivity index (χ0) is 6.41. The molecule has 0 saturated heterocycles. The number of unbranched alkanes of at least 4 members (excludes halogenated alkanes) is 1. The minimum absolute atomic E-state index is 0. The average Bonchev–Trinajstić information content (AvgIpc) is 1.66. The van der Waals surface area contributed by atoms with E-state index in [4.69, 9.17) is 0 Å². The summed E-state index contributed by atoms with van der Waals surface area (Å²) < 4.78 is 0. The number of nitrogens with zero attached hydrogens (tertiary/aromatic N) is 1. The molecule has 0 atom stereocenters. The molecule has 0 N–H and O–H groups in total. The van der Waals surface area contributed by atoms with E-state index in [1.807, 2.05) is 14.1 Å². The van der Waals surface area contributed by atoms with Crippen molar-refractivity contribution in [1.82, 2.24) is 4.90 Å². The quantitative estimate of drug-likeness (QED) is 0.314. The van der Waals surface area contributed by atoms with Gasteiger partial charge in [0.15, 0.2) is 0 Å². The first-order valence-corrected chi connectivity index (χ1v) is 3.00. The van der Waals surface area contributed by atoms with E-state index in [1.54, 1.807) is 0 Å². The van der Waals surface area contributed by atoms with E-state index in [-0.39, 0.29) is 58.0 Å². The molecule has 0 bridgehead atoms. The van der Waals surface area contributed by atoms with E-state index in [9.17, 15) is 5.11 Å². The van der Waals surface area contributed by atoms with Gasteiger partial charge in [-0.15, -0.1) is 6.61 Å². The van der Waals surface area contributed by atoms with E-state index in [1.165, 1.54) is 0 Å². The minimum Gasteiger partial charge on any atom is -0.854 e. The smallest absolute Gasteiger partial charge is 0.854 e. The van der Waals surface area contributed by atoms with Crippen LogP contribution in [-0.4, -0.2) is 32.1 Å². The molecule has 0 aromatic heterocycles. The maximum Gasteiger partial charge on any atom is 1.00 e. The first-order chi connectivity index (χ1) is 3.77. The largest absolute Gasteiger partial charge is 1.00 e. The second kappa shape index (κ2) is 9.56. The maximum absolute atomic E-state index is 9.89. The summed E-state index contributed by atoms with van der Waals surface area (Å²) in [5.74, 6) is 0. The second-order valence-corrected chi connectivity index (χ2v) is 2.21. The molecule has 0 unspecified atom stereocenters. The van der Waals surface area contributed by atoms with Crippen LogP contribution in [0.25, 0.3) is 0 Å². The molecule has 0 aliphatic heterocycles. The van der Waals surface area contributed by atoms with Crippen LogP contribution in [0, 0.1) is 0 Å². The summed E-state index contributed by atoms with van der Waals surface area (Å²) in [6.07, 6.45) is 1.86. The molecule has 3 heteroatoms. The molecule has 0 rings (SSSR count). The van der Waals surface area contributed by atoms with Gasteiger partial charge >= 0.3 is 51.4 Å². The Kier molecular flexibility index (Phi) is 14.0. The van der Waals surface area contributed by atoms with Crippen LogP contribution in [0.2, 0.25) is 0 Å². The van der Waals surface area contributed by atoms with Crippen LogP contribution in [-0.2, 0) is 0 Å². The molecule has 0 spiro atoms. The van der Waals surface area contributed by atoms with E-state index in [0.717, 1.165) is 19.4 Å². The van der Waals surface area contributed by atoms with Crippen LogP contribution in [0.4, 0.5) is 0 Å². The Balaban J connectivity index is 0. The third kappa shape index (κ3) is 12.7. The summed E-state index contributed by atoms with van der Waals surface area (Å²) in [5, 5.41) is 9.89. The summed E-state index contributed by atoms with van der Waals surface area (Å²) in [6, 6.07) is 0. The molecule has 2 nitrogen and oxygen atoms in total. The summed E-state index contributed by atoms with van der Waals surface area (Å²) in [4.78, 5) is 2.09. The Morgan fingerprint density at radius 1 is 1.22 bits per heavy atom. The average molecular weight is 155 g/mol. The Labute approximate surface area is 100 Å². The third-order valence-electron chi connectivity index (χ3n) is 1.000. The van der Waals surface area contributed by atoms with Crippen LogP contribution in [0.15, 0.2) is 0 Å². The van der Waals surface area contributed by atoms with Gasteiger partial charge in [-0.05, 0) is 27.1 Å². The molecule has 0 aromatic carbocycles. The van der Waals surface area contributed by atoms with E-state index in [2.05, 4.69) is 4.90 Å². The molecular weight excluding hydrogens is 141 g/mol. The van der Waals surface area contributed by atoms with Gasteiger partial charge in [0, 0.05) is 0 Å². The monoisotopic (exact) mass is 155 g/mol. The number of hydrogen-bond acceptors (Lipinski definition) is 2. The van der Waals surface area contributed by atoms with E-state index >= 15 is 0 Å².